The van der Waals surface area contributed by atoms with Gasteiger partial charge in [-0.15, -0.1) is 0 Å². The average Bonchev–Trinajstić information content (AvgIpc) is 2.54. The van der Waals surface area contributed by atoms with Crippen molar-refractivity contribution < 1.29 is 4.74 Å². The molecule has 0 amide bonds. The monoisotopic (exact) mass is 311 g/mol. The van der Waals surface area contributed by atoms with Crippen LogP contribution in [0.25, 0.3) is 0 Å². The van der Waals surface area contributed by atoms with Gasteiger partial charge in [0.15, 0.2) is 5.96 Å². The lowest BCUT2D eigenvalue weighted by Crippen LogP contribution is -2.27. The van der Waals surface area contributed by atoms with Crippen molar-refractivity contribution in [3.8, 4) is 5.75 Å². The molecule has 0 aliphatic carbocycles. The fourth-order valence-corrected chi connectivity index (χ4v) is 2.24. The van der Waals surface area contributed by atoms with E-state index >= 15 is 0 Å². The second kappa shape index (κ2) is 7.18. The van der Waals surface area contributed by atoms with Gasteiger partial charge < -0.3 is 15.8 Å². The van der Waals surface area contributed by atoms with Crippen molar-refractivity contribution in [1.82, 2.24) is 0 Å². The van der Waals surface area contributed by atoms with E-state index in [4.69, 9.17) is 10.5 Å². The molecule has 0 bridgehead atoms. The zero-order valence-corrected chi connectivity index (χ0v) is 14.3. The topological polar surface area (TPSA) is 59.6 Å². The van der Waals surface area contributed by atoms with Gasteiger partial charge in [-0.05, 0) is 36.8 Å². The molecule has 0 aromatic heterocycles. The number of guanidine groups is 1. The molecule has 0 spiro atoms. The molecule has 0 radical (unpaired) electrons. The first-order valence-electron chi connectivity index (χ1n) is 7.69. The number of ether oxygens (including phenoxy) is 1. The fourth-order valence-electron chi connectivity index (χ4n) is 2.24. The van der Waals surface area contributed by atoms with Crippen molar-refractivity contribution in [1.29, 1.82) is 0 Å². The standard InChI is InChI=1S/C19H25N3O/c1-14-5-7-15(8-6-14)19(2,3)13-21-18(20)22-16-9-11-17(23-4)12-10-16/h5-12H,13H2,1-4H3,(H3,20,21,22). The number of hydrogen-bond donors (Lipinski definition) is 2. The predicted molar refractivity (Wildman–Crippen MR) is 97.3 cm³/mol. The molecule has 0 saturated heterocycles. The molecule has 2 aromatic rings. The molecular weight excluding hydrogens is 286 g/mol. The normalized spacial score (nSPS) is 12.1. The number of nitrogens with one attached hydrogen (secondary N) is 1. The summed E-state index contributed by atoms with van der Waals surface area (Å²) >= 11 is 0. The second-order valence-corrected chi connectivity index (χ2v) is 6.30. The summed E-state index contributed by atoms with van der Waals surface area (Å²) in [5.41, 5.74) is 9.32. The maximum Gasteiger partial charge on any atom is 0.193 e. The van der Waals surface area contributed by atoms with Crippen LogP contribution in [-0.4, -0.2) is 19.6 Å². The van der Waals surface area contributed by atoms with E-state index in [9.17, 15) is 0 Å². The van der Waals surface area contributed by atoms with Gasteiger partial charge in [0.2, 0.25) is 0 Å². The molecular formula is C19H25N3O. The van der Waals surface area contributed by atoms with Crippen molar-refractivity contribution in [2.24, 2.45) is 10.7 Å². The number of aliphatic imine (C=N–C) groups is 1. The molecule has 0 atom stereocenters. The largest absolute Gasteiger partial charge is 0.497 e. The van der Waals surface area contributed by atoms with Gasteiger partial charge in [-0.25, -0.2) is 0 Å². The number of hydrogen-bond acceptors (Lipinski definition) is 2. The molecule has 2 aromatic carbocycles. The van der Waals surface area contributed by atoms with Gasteiger partial charge in [-0.2, -0.15) is 0 Å². The average molecular weight is 311 g/mol. The molecule has 0 fully saturated rings. The van der Waals surface area contributed by atoms with Crippen LogP contribution in [-0.2, 0) is 5.41 Å². The molecule has 0 saturated carbocycles. The van der Waals surface area contributed by atoms with E-state index in [2.05, 4.69) is 55.3 Å². The highest BCUT2D eigenvalue weighted by Gasteiger charge is 2.20. The Morgan fingerprint density at radius 2 is 1.70 bits per heavy atom. The van der Waals surface area contributed by atoms with Crippen LogP contribution in [0.1, 0.15) is 25.0 Å². The number of benzene rings is 2. The van der Waals surface area contributed by atoms with Crippen molar-refractivity contribution in [3.05, 3.63) is 59.7 Å². The maximum absolute atomic E-state index is 5.99. The molecule has 2 rings (SSSR count). The van der Waals surface area contributed by atoms with Crippen LogP contribution in [0.15, 0.2) is 53.5 Å². The van der Waals surface area contributed by atoms with Gasteiger partial charge in [-0.3, -0.25) is 4.99 Å². The lowest BCUT2D eigenvalue weighted by atomic mass is 9.84. The first-order chi connectivity index (χ1) is 10.9. The number of aryl methyl sites for hydroxylation is 1. The van der Waals surface area contributed by atoms with Gasteiger partial charge in [0.1, 0.15) is 5.75 Å². The smallest absolute Gasteiger partial charge is 0.193 e. The lowest BCUT2D eigenvalue weighted by molar-refractivity contribution is 0.415. The molecule has 3 N–H and O–H groups in total. The van der Waals surface area contributed by atoms with Gasteiger partial charge >= 0.3 is 0 Å². The molecule has 0 heterocycles. The summed E-state index contributed by atoms with van der Waals surface area (Å²) in [6.07, 6.45) is 0. The van der Waals surface area contributed by atoms with Gasteiger partial charge in [-0.1, -0.05) is 43.7 Å². The number of rotatable bonds is 5. The molecule has 0 aliphatic heterocycles. The molecule has 122 valence electrons. The summed E-state index contributed by atoms with van der Waals surface area (Å²) < 4.78 is 5.13. The quantitative estimate of drug-likeness (QED) is 0.654. The number of anilines is 1. The van der Waals surface area contributed by atoms with Gasteiger partial charge in [0.05, 0.1) is 13.7 Å². The van der Waals surface area contributed by atoms with Crippen molar-refractivity contribution in [2.45, 2.75) is 26.2 Å². The molecule has 4 nitrogen and oxygen atoms in total. The number of nitrogens with zero attached hydrogens (tertiary/aromatic N) is 1. The highest BCUT2D eigenvalue weighted by molar-refractivity contribution is 5.92. The predicted octanol–water partition coefficient (Wildman–Crippen LogP) is 3.71. The number of nitrogens with two attached hydrogens (primary N) is 1. The van der Waals surface area contributed by atoms with Crippen LogP contribution in [0.2, 0.25) is 0 Å². The Morgan fingerprint density at radius 3 is 2.26 bits per heavy atom. The highest BCUT2D eigenvalue weighted by Crippen LogP contribution is 2.24. The number of methoxy groups -OCH3 is 1. The van der Waals surface area contributed by atoms with E-state index in [0.29, 0.717) is 12.5 Å². The zero-order chi connectivity index (χ0) is 16.9. The van der Waals surface area contributed by atoms with Crippen molar-refractivity contribution in [2.75, 3.05) is 19.0 Å². The third kappa shape index (κ3) is 4.74. The minimum absolute atomic E-state index is 0.0695. The molecule has 0 unspecified atom stereocenters. The summed E-state index contributed by atoms with van der Waals surface area (Å²) in [4.78, 5) is 4.48. The van der Waals surface area contributed by atoms with E-state index in [1.165, 1.54) is 11.1 Å². The Bertz CT molecular complexity index is 658. The fraction of sp³-hybridized carbons (Fsp3) is 0.316. The second-order valence-electron chi connectivity index (χ2n) is 6.30. The Hall–Kier alpha value is -2.49. The SMILES string of the molecule is COc1ccc(NC(N)=NCC(C)(C)c2ccc(C)cc2)cc1. The van der Waals surface area contributed by atoms with E-state index < -0.39 is 0 Å². The van der Waals surface area contributed by atoms with E-state index in [1.807, 2.05) is 24.3 Å². The first-order valence-corrected chi connectivity index (χ1v) is 7.69. The van der Waals surface area contributed by atoms with Crippen LogP contribution in [0.4, 0.5) is 5.69 Å². The van der Waals surface area contributed by atoms with Crippen molar-refractivity contribution >= 4 is 11.6 Å². The zero-order valence-electron chi connectivity index (χ0n) is 14.3. The third-order valence-electron chi connectivity index (χ3n) is 3.84. The van der Waals surface area contributed by atoms with Gasteiger partial charge in [0, 0.05) is 11.1 Å². The maximum atomic E-state index is 5.99. The summed E-state index contributed by atoms with van der Waals surface area (Å²) in [6.45, 7) is 7.04. The van der Waals surface area contributed by atoms with Crippen LogP contribution in [0, 0.1) is 6.92 Å². The van der Waals surface area contributed by atoms with Crippen LogP contribution < -0.4 is 15.8 Å². The van der Waals surface area contributed by atoms with E-state index in [0.717, 1.165) is 11.4 Å². The summed E-state index contributed by atoms with van der Waals surface area (Å²) in [7, 11) is 1.64. The van der Waals surface area contributed by atoms with E-state index in [-0.39, 0.29) is 5.41 Å². The van der Waals surface area contributed by atoms with Crippen LogP contribution in [0.5, 0.6) is 5.75 Å². The Balaban J connectivity index is 2.01. The van der Waals surface area contributed by atoms with Gasteiger partial charge in [0.25, 0.3) is 0 Å². The molecule has 0 aliphatic rings. The summed E-state index contributed by atoms with van der Waals surface area (Å²) in [6, 6.07) is 16.1. The molecule has 4 heteroatoms. The Morgan fingerprint density at radius 1 is 1.09 bits per heavy atom. The highest BCUT2D eigenvalue weighted by atomic mass is 16.5. The Kier molecular flexibility index (Phi) is 5.27. The van der Waals surface area contributed by atoms with E-state index in [1.54, 1.807) is 7.11 Å². The lowest BCUT2D eigenvalue weighted by Gasteiger charge is -2.23. The van der Waals surface area contributed by atoms with Crippen molar-refractivity contribution in [3.63, 3.8) is 0 Å². The minimum atomic E-state index is -0.0695. The Labute approximate surface area is 138 Å². The summed E-state index contributed by atoms with van der Waals surface area (Å²) in [5.74, 6) is 1.22. The van der Waals surface area contributed by atoms with Crippen LogP contribution in [0.3, 0.4) is 0 Å². The van der Waals surface area contributed by atoms with Crippen LogP contribution >= 0.6 is 0 Å². The third-order valence-corrected chi connectivity index (χ3v) is 3.84. The minimum Gasteiger partial charge on any atom is -0.497 e. The summed E-state index contributed by atoms with van der Waals surface area (Å²) in [5, 5.41) is 3.10. The first kappa shape index (κ1) is 16.9. The molecule has 23 heavy (non-hydrogen) atoms.